The highest BCUT2D eigenvalue weighted by atomic mass is 32.2. The Kier molecular flexibility index (Phi) is 6.53. The Bertz CT molecular complexity index is 1150. The summed E-state index contributed by atoms with van der Waals surface area (Å²) >= 11 is 1.42. The number of fused-ring (bicyclic) bond motifs is 2. The largest absolute Gasteiger partial charge is 0.490 e. The van der Waals surface area contributed by atoms with Crippen molar-refractivity contribution in [2.45, 2.75) is 50.4 Å². The fraction of sp³-hybridized carbons (Fsp3) is 0.400. The van der Waals surface area contributed by atoms with Crippen molar-refractivity contribution in [3.63, 3.8) is 0 Å². The molecule has 5 rings (SSSR count). The van der Waals surface area contributed by atoms with Crippen molar-refractivity contribution in [1.29, 1.82) is 0 Å². The van der Waals surface area contributed by atoms with E-state index < -0.39 is 0 Å². The first-order valence-corrected chi connectivity index (χ1v) is 12.5. The third kappa shape index (κ3) is 4.71. The number of aryl methyl sites for hydroxylation is 1. The lowest BCUT2D eigenvalue weighted by molar-refractivity contribution is -0.119. The van der Waals surface area contributed by atoms with E-state index in [1.807, 2.05) is 28.8 Å². The Morgan fingerprint density at radius 1 is 1.12 bits per heavy atom. The van der Waals surface area contributed by atoms with Crippen molar-refractivity contribution in [3.8, 4) is 22.9 Å². The number of nitrogens with zero attached hydrogens (tertiary/aromatic N) is 3. The molecule has 2 heterocycles. The van der Waals surface area contributed by atoms with E-state index in [0.717, 1.165) is 53.7 Å². The number of aromatic nitrogens is 3. The second kappa shape index (κ2) is 9.87. The first-order valence-electron chi connectivity index (χ1n) is 11.6. The van der Waals surface area contributed by atoms with Crippen molar-refractivity contribution < 1.29 is 14.3 Å². The molecule has 0 unspecified atom stereocenters. The summed E-state index contributed by atoms with van der Waals surface area (Å²) in [5, 5.41) is 12.7. The van der Waals surface area contributed by atoms with E-state index in [4.69, 9.17) is 9.47 Å². The molecule has 1 aliphatic heterocycles. The molecule has 2 aromatic carbocycles. The van der Waals surface area contributed by atoms with Crippen LogP contribution >= 0.6 is 11.8 Å². The van der Waals surface area contributed by atoms with Crippen LogP contribution in [0.15, 0.2) is 47.6 Å². The van der Waals surface area contributed by atoms with Crippen molar-refractivity contribution >= 4 is 17.7 Å². The Hall–Kier alpha value is -3.00. The van der Waals surface area contributed by atoms with Gasteiger partial charge in [-0.15, -0.1) is 10.2 Å². The topological polar surface area (TPSA) is 78.3 Å². The number of rotatable bonds is 6. The minimum Gasteiger partial charge on any atom is -0.490 e. The maximum Gasteiger partial charge on any atom is 0.230 e. The summed E-state index contributed by atoms with van der Waals surface area (Å²) < 4.78 is 13.6. The second-order valence-electron chi connectivity index (χ2n) is 8.26. The van der Waals surface area contributed by atoms with E-state index in [1.54, 1.807) is 0 Å². The zero-order valence-electron chi connectivity index (χ0n) is 18.8. The molecule has 0 fully saturated rings. The summed E-state index contributed by atoms with van der Waals surface area (Å²) in [6, 6.07) is 14.3. The van der Waals surface area contributed by atoms with Crippen LogP contribution < -0.4 is 14.8 Å². The molecule has 1 amide bonds. The molecular weight excluding hydrogens is 436 g/mol. The van der Waals surface area contributed by atoms with Crippen LogP contribution in [0.1, 0.15) is 43.4 Å². The van der Waals surface area contributed by atoms with E-state index in [-0.39, 0.29) is 11.9 Å². The van der Waals surface area contributed by atoms with Gasteiger partial charge >= 0.3 is 0 Å². The van der Waals surface area contributed by atoms with Crippen molar-refractivity contribution in [2.75, 3.05) is 19.0 Å². The smallest absolute Gasteiger partial charge is 0.230 e. The first-order chi connectivity index (χ1) is 16.2. The lowest BCUT2D eigenvalue weighted by Gasteiger charge is -2.26. The number of hydrogen-bond donors (Lipinski definition) is 1. The van der Waals surface area contributed by atoms with Crippen LogP contribution in [-0.2, 0) is 17.8 Å². The Morgan fingerprint density at radius 2 is 1.97 bits per heavy atom. The zero-order chi connectivity index (χ0) is 22.6. The van der Waals surface area contributed by atoms with Gasteiger partial charge in [-0.1, -0.05) is 36.0 Å². The van der Waals surface area contributed by atoms with Gasteiger partial charge in [0.2, 0.25) is 5.91 Å². The standard InChI is InChI=1S/C25H28N4O3S/c1-2-29-24(18-11-12-21-22(15-18)32-14-6-13-31-21)27-28-25(29)33-16-23(30)26-20-10-5-8-17-7-3-4-9-19(17)20/h3-4,7,9,11-12,15,20H,2,5-6,8,10,13-14,16H2,1H3,(H,26,30)/t20-/m0/s1. The van der Waals surface area contributed by atoms with Gasteiger partial charge in [-0.2, -0.15) is 0 Å². The number of amides is 1. The fourth-order valence-electron chi connectivity index (χ4n) is 4.47. The Morgan fingerprint density at radius 3 is 2.85 bits per heavy atom. The van der Waals surface area contributed by atoms with Crippen LogP contribution in [0.25, 0.3) is 11.4 Å². The van der Waals surface area contributed by atoms with Crippen LogP contribution in [-0.4, -0.2) is 39.6 Å². The molecule has 0 bridgehead atoms. The number of hydrogen-bond acceptors (Lipinski definition) is 6. The average molecular weight is 465 g/mol. The first kappa shape index (κ1) is 21.8. The molecule has 7 nitrogen and oxygen atoms in total. The highest BCUT2D eigenvalue weighted by Gasteiger charge is 2.22. The minimum atomic E-state index is 0.0180. The summed E-state index contributed by atoms with van der Waals surface area (Å²) in [6.45, 7) is 4.06. The van der Waals surface area contributed by atoms with E-state index in [2.05, 4.69) is 40.6 Å². The number of thioether (sulfide) groups is 1. The number of nitrogens with one attached hydrogen (secondary N) is 1. The summed E-state index contributed by atoms with van der Waals surface area (Å²) in [6.07, 6.45) is 4.02. The number of carbonyl (C=O) groups excluding carboxylic acids is 1. The molecule has 8 heteroatoms. The predicted molar refractivity (Wildman–Crippen MR) is 128 cm³/mol. The summed E-state index contributed by atoms with van der Waals surface area (Å²) in [4.78, 5) is 12.7. The number of ether oxygens (including phenoxy) is 2. The highest BCUT2D eigenvalue weighted by molar-refractivity contribution is 7.99. The molecule has 33 heavy (non-hydrogen) atoms. The van der Waals surface area contributed by atoms with E-state index in [1.165, 1.54) is 22.9 Å². The lowest BCUT2D eigenvalue weighted by atomic mass is 9.88. The molecular formula is C25H28N4O3S. The van der Waals surface area contributed by atoms with Gasteiger partial charge in [0, 0.05) is 18.5 Å². The summed E-state index contributed by atoms with van der Waals surface area (Å²) in [5.74, 6) is 2.57. The van der Waals surface area contributed by atoms with Gasteiger partial charge in [0.25, 0.3) is 0 Å². The summed E-state index contributed by atoms with van der Waals surface area (Å²) in [5.41, 5.74) is 3.51. The van der Waals surface area contributed by atoms with E-state index >= 15 is 0 Å². The second-order valence-corrected chi connectivity index (χ2v) is 9.20. The van der Waals surface area contributed by atoms with Crippen LogP contribution in [0.4, 0.5) is 0 Å². The molecule has 0 spiro atoms. The Balaban J connectivity index is 1.27. The van der Waals surface area contributed by atoms with Crippen molar-refractivity contribution in [2.24, 2.45) is 0 Å². The van der Waals surface area contributed by atoms with Gasteiger partial charge in [-0.3, -0.25) is 4.79 Å². The number of benzene rings is 2. The Labute approximate surface area is 197 Å². The number of carbonyl (C=O) groups is 1. The van der Waals surface area contributed by atoms with Crippen LogP contribution in [0.5, 0.6) is 11.5 Å². The molecule has 1 aromatic heterocycles. The van der Waals surface area contributed by atoms with Crippen LogP contribution in [0.3, 0.4) is 0 Å². The average Bonchev–Trinajstić information content (AvgIpc) is 3.11. The third-order valence-corrected chi connectivity index (χ3v) is 7.04. The van der Waals surface area contributed by atoms with Gasteiger partial charge in [-0.25, -0.2) is 0 Å². The molecule has 2 aliphatic rings. The van der Waals surface area contributed by atoms with Gasteiger partial charge in [0.05, 0.1) is 25.0 Å². The quantitative estimate of drug-likeness (QED) is 0.545. The van der Waals surface area contributed by atoms with Gasteiger partial charge in [-0.05, 0) is 55.5 Å². The molecule has 1 atom stereocenters. The van der Waals surface area contributed by atoms with E-state index in [9.17, 15) is 4.79 Å². The molecule has 172 valence electrons. The molecule has 1 N–H and O–H groups in total. The normalized spacial score (nSPS) is 17.2. The molecule has 3 aromatic rings. The van der Waals surface area contributed by atoms with Gasteiger partial charge in [0.1, 0.15) is 0 Å². The maximum absolute atomic E-state index is 12.7. The van der Waals surface area contributed by atoms with Crippen molar-refractivity contribution in [3.05, 3.63) is 53.6 Å². The minimum absolute atomic E-state index is 0.0180. The molecule has 0 saturated carbocycles. The van der Waals surface area contributed by atoms with E-state index in [0.29, 0.717) is 25.5 Å². The van der Waals surface area contributed by atoms with Crippen LogP contribution in [0.2, 0.25) is 0 Å². The molecule has 0 saturated heterocycles. The summed E-state index contributed by atoms with van der Waals surface area (Å²) in [7, 11) is 0. The molecule has 1 aliphatic carbocycles. The van der Waals surface area contributed by atoms with Crippen LogP contribution in [0, 0.1) is 0 Å². The predicted octanol–water partition coefficient (Wildman–Crippen LogP) is 4.41. The lowest BCUT2D eigenvalue weighted by Crippen LogP contribution is -2.32. The zero-order valence-corrected chi connectivity index (χ0v) is 19.6. The SMILES string of the molecule is CCn1c(SCC(=O)N[C@H]2CCCc3ccccc32)nnc1-c1ccc2c(c1)OCCCO2. The molecule has 0 radical (unpaired) electrons. The monoisotopic (exact) mass is 464 g/mol. The van der Waals surface area contributed by atoms with Gasteiger partial charge in [0.15, 0.2) is 22.5 Å². The van der Waals surface area contributed by atoms with Crippen molar-refractivity contribution in [1.82, 2.24) is 20.1 Å². The van der Waals surface area contributed by atoms with Gasteiger partial charge < -0.3 is 19.4 Å². The highest BCUT2D eigenvalue weighted by Crippen LogP contribution is 2.35. The third-order valence-electron chi connectivity index (χ3n) is 6.08. The maximum atomic E-state index is 12.7. The fourth-order valence-corrected chi connectivity index (χ4v) is 5.28.